The minimum absolute atomic E-state index is 0.163. The molecular formula is C19H27N5O3. The number of aromatic nitrogens is 2. The fourth-order valence-electron chi connectivity index (χ4n) is 4.29. The standard InChI is InChI=1S/C19H27N5O3/c1-22-8-9-24(18(27)15-10-21-16(25)11-20-15)13-19(22)5-4-17(26)23(7-6-19)12-14-2-3-14/h10-11,14H,2-9,12-13H2,1H3,(H,21,25)/t19-/m1/s1. The largest absolute Gasteiger partial charge is 0.342 e. The van der Waals surface area contributed by atoms with Crippen molar-refractivity contribution in [3.8, 4) is 0 Å². The van der Waals surface area contributed by atoms with Gasteiger partial charge in [-0.15, -0.1) is 0 Å². The number of hydrogen-bond acceptors (Lipinski definition) is 5. The second kappa shape index (κ2) is 7.07. The zero-order chi connectivity index (χ0) is 19.0. The maximum Gasteiger partial charge on any atom is 0.274 e. The number of amides is 2. The first-order valence-electron chi connectivity index (χ1n) is 9.80. The van der Waals surface area contributed by atoms with E-state index >= 15 is 0 Å². The average molecular weight is 373 g/mol. The van der Waals surface area contributed by atoms with Crippen LogP contribution in [0.1, 0.15) is 42.6 Å². The number of nitrogens with one attached hydrogen (secondary N) is 1. The number of hydrogen-bond donors (Lipinski definition) is 1. The van der Waals surface area contributed by atoms with Crippen LogP contribution in [0.4, 0.5) is 0 Å². The molecule has 0 aromatic carbocycles. The lowest BCUT2D eigenvalue weighted by Gasteiger charge is -2.49. The highest BCUT2D eigenvalue weighted by molar-refractivity contribution is 5.92. The molecule has 0 bridgehead atoms. The van der Waals surface area contributed by atoms with Crippen molar-refractivity contribution in [3.63, 3.8) is 0 Å². The molecule has 1 N–H and O–H groups in total. The van der Waals surface area contributed by atoms with Gasteiger partial charge in [-0.3, -0.25) is 19.3 Å². The molecule has 1 spiro atoms. The third-order valence-electron chi connectivity index (χ3n) is 6.36. The Bertz CT molecular complexity index is 769. The lowest BCUT2D eigenvalue weighted by molar-refractivity contribution is -0.130. The number of nitrogens with zero attached hydrogens (tertiary/aromatic N) is 4. The van der Waals surface area contributed by atoms with E-state index in [4.69, 9.17) is 0 Å². The predicted octanol–water partition coefficient (Wildman–Crippen LogP) is 0.319. The van der Waals surface area contributed by atoms with Crippen molar-refractivity contribution in [1.29, 1.82) is 0 Å². The van der Waals surface area contributed by atoms with E-state index in [2.05, 4.69) is 21.9 Å². The SMILES string of the molecule is CN1CCN(C(=O)c2c[nH]c(=O)cn2)C[C@]12CCC(=O)N(CC1CC1)CC2. The maximum absolute atomic E-state index is 12.9. The van der Waals surface area contributed by atoms with Crippen molar-refractivity contribution in [3.05, 3.63) is 28.4 Å². The van der Waals surface area contributed by atoms with E-state index < -0.39 is 0 Å². The van der Waals surface area contributed by atoms with Crippen molar-refractivity contribution < 1.29 is 9.59 Å². The van der Waals surface area contributed by atoms with Gasteiger partial charge in [0, 0.05) is 50.9 Å². The topological polar surface area (TPSA) is 89.6 Å². The van der Waals surface area contributed by atoms with Gasteiger partial charge in [-0.25, -0.2) is 4.98 Å². The molecule has 1 aromatic rings. The third kappa shape index (κ3) is 3.76. The van der Waals surface area contributed by atoms with Gasteiger partial charge in [0.05, 0.1) is 6.20 Å². The Kier molecular flexibility index (Phi) is 4.75. The summed E-state index contributed by atoms with van der Waals surface area (Å²) >= 11 is 0. The van der Waals surface area contributed by atoms with Crippen LogP contribution < -0.4 is 5.56 Å². The molecule has 4 rings (SSSR count). The fraction of sp³-hybridized carbons (Fsp3) is 0.684. The van der Waals surface area contributed by atoms with E-state index in [0.717, 1.165) is 38.7 Å². The summed E-state index contributed by atoms with van der Waals surface area (Å²) in [6.45, 7) is 3.64. The van der Waals surface area contributed by atoms with Gasteiger partial charge in [0.15, 0.2) is 0 Å². The van der Waals surface area contributed by atoms with E-state index in [1.165, 1.54) is 19.0 Å². The van der Waals surface area contributed by atoms with E-state index in [-0.39, 0.29) is 28.6 Å². The van der Waals surface area contributed by atoms with Gasteiger partial charge < -0.3 is 14.8 Å². The second-order valence-electron chi connectivity index (χ2n) is 8.20. The van der Waals surface area contributed by atoms with Gasteiger partial charge in [0.1, 0.15) is 5.69 Å². The van der Waals surface area contributed by atoms with E-state index in [0.29, 0.717) is 25.4 Å². The molecule has 2 saturated heterocycles. The highest BCUT2D eigenvalue weighted by Crippen LogP contribution is 2.35. The molecular weight excluding hydrogens is 346 g/mol. The van der Waals surface area contributed by atoms with E-state index in [9.17, 15) is 14.4 Å². The number of likely N-dealkylation sites (tertiary alicyclic amines) is 1. The Morgan fingerprint density at radius 1 is 1.26 bits per heavy atom. The Labute approximate surface area is 158 Å². The molecule has 1 atom stereocenters. The normalized spacial score (nSPS) is 27.1. The van der Waals surface area contributed by atoms with E-state index in [1.807, 2.05) is 9.80 Å². The summed E-state index contributed by atoms with van der Waals surface area (Å²) in [7, 11) is 2.10. The van der Waals surface area contributed by atoms with Crippen molar-refractivity contribution in [2.24, 2.45) is 5.92 Å². The van der Waals surface area contributed by atoms with Crippen molar-refractivity contribution >= 4 is 11.8 Å². The molecule has 3 aliphatic rings. The zero-order valence-electron chi connectivity index (χ0n) is 15.8. The number of aromatic amines is 1. The summed E-state index contributed by atoms with van der Waals surface area (Å²) in [6.07, 6.45) is 7.18. The third-order valence-corrected chi connectivity index (χ3v) is 6.36. The number of carbonyl (C=O) groups excluding carboxylic acids is 2. The van der Waals surface area contributed by atoms with Crippen molar-refractivity contribution in [2.45, 2.75) is 37.6 Å². The monoisotopic (exact) mass is 373 g/mol. The van der Waals surface area contributed by atoms with Crippen LogP contribution in [-0.4, -0.2) is 81.8 Å². The molecule has 8 heteroatoms. The summed E-state index contributed by atoms with van der Waals surface area (Å²) in [6, 6.07) is 0. The van der Waals surface area contributed by atoms with Crippen LogP contribution in [0, 0.1) is 5.92 Å². The van der Waals surface area contributed by atoms with Gasteiger partial charge >= 0.3 is 0 Å². The van der Waals surface area contributed by atoms with Gasteiger partial charge in [-0.05, 0) is 38.6 Å². The van der Waals surface area contributed by atoms with Crippen molar-refractivity contribution in [1.82, 2.24) is 24.7 Å². The highest BCUT2D eigenvalue weighted by atomic mass is 16.2. The van der Waals surface area contributed by atoms with Gasteiger partial charge in [-0.2, -0.15) is 0 Å². The lowest BCUT2D eigenvalue weighted by Crippen LogP contribution is -2.62. The number of H-pyrrole nitrogens is 1. The van der Waals surface area contributed by atoms with Gasteiger partial charge in [0.25, 0.3) is 11.5 Å². The van der Waals surface area contributed by atoms with Crippen LogP contribution in [0.25, 0.3) is 0 Å². The molecule has 1 saturated carbocycles. The van der Waals surface area contributed by atoms with Crippen LogP contribution in [0.5, 0.6) is 0 Å². The zero-order valence-corrected chi connectivity index (χ0v) is 15.8. The summed E-state index contributed by atoms with van der Waals surface area (Å²) in [5.41, 5.74) is -0.238. The Morgan fingerprint density at radius 3 is 2.78 bits per heavy atom. The van der Waals surface area contributed by atoms with Crippen LogP contribution in [0.3, 0.4) is 0 Å². The Hall–Kier alpha value is -2.22. The van der Waals surface area contributed by atoms with Crippen molar-refractivity contribution in [2.75, 3.05) is 39.8 Å². The molecule has 2 amide bonds. The number of rotatable bonds is 3. The van der Waals surface area contributed by atoms with Crippen LogP contribution in [0.2, 0.25) is 0 Å². The highest BCUT2D eigenvalue weighted by Gasteiger charge is 2.44. The first-order chi connectivity index (χ1) is 13.0. The molecule has 0 radical (unpaired) electrons. The van der Waals surface area contributed by atoms with Gasteiger partial charge in [0.2, 0.25) is 5.91 Å². The minimum Gasteiger partial charge on any atom is -0.342 e. The molecule has 3 fully saturated rings. The number of piperazine rings is 1. The Balaban J connectivity index is 1.49. The Morgan fingerprint density at radius 2 is 2.07 bits per heavy atom. The summed E-state index contributed by atoms with van der Waals surface area (Å²) in [5, 5.41) is 0. The molecule has 27 heavy (non-hydrogen) atoms. The molecule has 146 valence electrons. The minimum atomic E-state index is -0.320. The fourth-order valence-corrected chi connectivity index (χ4v) is 4.29. The van der Waals surface area contributed by atoms with Gasteiger partial charge in [-0.1, -0.05) is 0 Å². The predicted molar refractivity (Wildman–Crippen MR) is 99.3 cm³/mol. The second-order valence-corrected chi connectivity index (χ2v) is 8.20. The first kappa shape index (κ1) is 18.2. The number of likely N-dealkylation sites (N-methyl/N-ethyl adjacent to an activating group) is 1. The van der Waals surface area contributed by atoms with Crippen LogP contribution in [-0.2, 0) is 4.79 Å². The summed E-state index contributed by atoms with van der Waals surface area (Å²) < 4.78 is 0. The smallest absolute Gasteiger partial charge is 0.274 e. The lowest BCUT2D eigenvalue weighted by atomic mass is 9.86. The molecule has 8 nitrogen and oxygen atoms in total. The molecule has 2 aliphatic heterocycles. The average Bonchev–Trinajstić information content (AvgIpc) is 3.50. The van der Waals surface area contributed by atoms with Crippen LogP contribution >= 0.6 is 0 Å². The molecule has 0 unspecified atom stereocenters. The molecule has 3 heterocycles. The maximum atomic E-state index is 12.9. The quantitative estimate of drug-likeness (QED) is 0.824. The number of carbonyl (C=O) groups is 2. The molecule has 1 aromatic heterocycles. The molecule has 1 aliphatic carbocycles. The summed E-state index contributed by atoms with van der Waals surface area (Å²) in [5.74, 6) is 0.776. The van der Waals surface area contributed by atoms with Crippen LogP contribution in [0.15, 0.2) is 17.2 Å². The first-order valence-corrected chi connectivity index (χ1v) is 9.80. The van der Waals surface area contributed by atoms with E-state index in [1.54, 1.807) is 0 Å². The summed E-state index contributed by atoms with van der Waals surface area (Å²) in [4.78, 5) is 49.3.